The summed E-state index contributed by atoms with van der Waals surface area (Å²) in [6.07, 6.45) is -0.127. The fraction of sp³-hybridized carbons (Fsp3) is 0.429. The summed E-state index contributed by atoms with van der Waals surface area (Å²) in [6, 6.07) is 2.51. The molecule has 6 heteroatoms. The Morgan fingerprint density at radius 3 is 2.50 bits per heavy atom. The van der Waals surface area contributed by atoms with E-state index < -0.39 is 36.0 Å². The van der Waals surface area contributed by atoms with E-state index in [1.807, 2.05) is 13.8 Å². The molecule has 0 saturated carbocycles. The molecule has 0 bridgehead atoms. The van der Waals surface area contributed by atoms with E-state index in [1.54, 1.807) is 0 Å². The number of halogens is 2. The number of hydrogen-bond donors (Lipinski definition) is 2. The molecule has 0 heterocycles. The maximum absolute atomic E-state index is 13.4. The Morgan fingerprint density at radius 2 is 1.95 bits per heavy atom. The molecule has 0 spiro atoms. The molecular formula is C14H17F2NO3. The Morgan fingerprint density at radius 1 is 1.30 bits per heavy atom. The molecule has 4 nitrogen and oxygen atoms in total. The van der Waals surface area contributed by atoms with E-state index >= 15 is 0 Å². The van der Waals surface area contributed by atoms with Gasteiger partial charge >= 0.3 is 5.97 Å². The molecule has 0 aliphatic heterocycles. The molecule has 1 rings (SSSR count). The maximum Gasteiger partial charge on any atom is 0.326 e. The Labute approximate surface area is 115 Å². The van der Waals surface area contributed by atoms with Crippen molar-refractivity contribution >= 4 is 11.9 Å². The van der Waals surface area contributed by atoms with Crippen molar-refractivity contribution in [3.63, 3.8) is 0 Å². The van der Waals surface area contributed by atoms with Crippen molar-refractivity contribution in [1.29, 1.82) is 0 Å². The Kier molecular flexibility index (Phi) is 5.61. The number of carbonyl (C=O) groups is 2. The molecule has 110 valence electrons. The van der Waals surface area contributed by atoms with Gasteiger partial charge in [0.1, 0.15) is 6.04 Å². The average Bonchev–Trinajstić information content (AvgIpc) is 2.33. The van der Waals surface area contributed by atoms with Crippen LogP contribution in [-0.2, 0) is 16.0 Å². The minimum Gasteiger partial charge on any atom is -0.480 e. The first-order valence-electron chi connectivity index (χ1n) is 6.26. The minimum atomic E-state index is -1.15. The smallest absolute Gasteiger partial charge is 0.326 e. The zero-order chi connectivity index (χ0) is 15.3. The van der Waals surface area contributed by atoms with E-state index in [0.29, 0.717) is 0 Å². The molecule has 1 atom stereocenters. The number of nitrogens with one attached hydrogen (secondary N) is 1. The van der Waals surface area contributed by atoms with Crippen molar-refractivity contribution in [3.05, 3.63) is 35.4 Å². The van der Waals surface area contributed by atoms with Gasteiger partial charge in [0.2, 0.25) is 5.91 Å². The van der Waals surface area contributed by atoms with Crippen molar-refractivity contribution < 1.29 is 23.5 Å². The fourth-order valence-corrected chi connectivity index (χ4v) is 1.80. The Hall–Kier alpha value is -1.98. The number of carboxylic acids is 1. The van der Waals surface area contributed by atoms with E-state index in [1.165, 1.54) is 12.1 Å². The topological polar surface area (TPSA) is 66.4 Å². The second kappa shape index (κ2) is 6.98. The molecule has 20 heavy (non-hydrogen) atoms. The maximum atomic E-state index is 13.4. The van der Waals surface area contributed by atoms with Crippen LogP contribution in [0.15, 0.2) is 18.2 Å². The lowest BCUT2D eigenvalue weighted by Gasteiger charge is -2.16. The first-order valence-corrected chi connectivity index (χ1v) is 6.26. The Bertz CT molecular complexity index is 503. The van der Waals surface area contributed by atoms with Gasteiger partial charge in [0.15, 0.2) is 11.6 Å². The van der Waals surface area contributed by atoms with Gasteiger partial charge in [-0.1, -0.05) is 26.0 Å². The second-order valence-electron chi connectivity index (χ2n) is 4.98. The van der Waals surface area contributed by atoms with Gasteiger partial charge in [0.25, 0.3) is 0 Å². The first kappa shape index (κ1) is 16.1. The van der Waals surface area contributed by atoms with Gasteiger partial charge in [-0.3, -0.25) is 4.79 Å². The third-order valence-electron chi connectivity index (χ3n) is 2.72. The first-order chi connectivity index (χ1) is 9.31. The summed E-state index contributed by atoms with van der Waals surface area (Å²) in [5.74, 6) is -3.83. The third-order valence-corrected chi connectivity index (χ3v) is 2.72. The molecule has 0 aliphatic carbocycles. The molecule has 1 aromatic rings. The van der Waals surface area contributed by atoms with Gasteiger partial charge in [-0.15, -0.1) is 0 Å². The van der Waals surface area contributed by atoms with Crippen LogP contribution >= 0.6 is 0 Å². The number of carbonyl (C=O) groups excluding carboxylic acids is 1. The molecule has 0 aliphatic rings. The molecule has 0 aromatic heterocycles. The highest BCUT2D eigenvalue weighted by atomic mass is 19.2. The predicted octanol–water partition coefficient (Wildman–Crippen LogP) is 2.12. The van der Waals surface area contributed by atoms with Crippen LogP contribution in [-0.4, -0.2) is 23.0 Å². The molecule has 0 unspecified atom stereocenters. The van der Waals surface area contributed by atoms with E-state index in [0.717, 1.165) is 6.07 Å². The summed E-state index contributed by atoms with van der Waals surface area (Å²) in [6.45, 7) is 3.66. The van der Waals surface area contributed by atoms with Gasteiger partial charge in [0.05, 0.1) is 6.42 Å². The van der Waals surface area contributed by atoms with E-state index in [9.17, 15) is 18.4 Å². The summed E-state index contributed by atoms with van der Waals surface area (Å²) in [7, 11) is 0. The predicted molar refractivity (Wildman–Crippen MR) is 69.1 cm³/mol. The lowest BCUT2D eigenvalue weighted by Crippen LogP contribution is -2.42. The van der Waals surface area contributed by atoms with Crippen LogP contribution < -0.4 is 5.32 Å². The molecule has 1 aromatic carbocycles. The van der Waals surface area contributed by atoms with Gasteiger partial charge in [0, 0.05) is 5.56 Å². The van der Waals surface area contributed by atoms with Gasteiger partial charge in [-0.2, -0.15) is 0 Å². The average molecular weight is 285 g/mol. The monoisotopic (exact) mass is 285 g/mol. The van der Waals surface area contributed by atoms with Gasteiger partial charge in [-0.05, 0) is 18.4 Å². The molecule has 1 amide bonds. The number of aliphatic carboxylic acids is 1. The van der Waals surface area contributed by atoms with Crippen molar-refractivity contribution in [2.24, 2.45) is 5.92 Å². The number of amides is 1. The highest BCUT2D eigenvalue weighted by Gasteiger charge is 2.21. The van der Waals surface area contributed by atoms with Crippen LogP contribution in [0.4, 0.5) is 8.78 Å². The van der Waals surface area contributed by atoms with E-state index in [2.05, 4.69) is 5.32 Å². The Balaban J connectivity index is 2.71. The number of benzene rings is 1. The lowest BCUT2D eigenvalue weighted by molar-refractivity contribution is -0.142. The van der Waals surface area contributed by atoms with Crippen LogP contribution in [0.2, 0.25) is 0 Å². The normalized spacial score (nSPS) is 12.2. The van der Waals surface area contributed by atoms with Crippen molar-refractivity contribution in [2.45, 2.75) is 32.7 Å². The van der Waals surface area contributed by atoms with Gasteiger partial charge in [-0.25, -0.2) is 13.6 Å². The summed E-state index contributed by atoms with van der Waals surface area (Å²) in [4.78, 5) is 22.7. The molecule has 2 N–H and O–H groups in total. The van der Waals surface area contributed by atoms with Crippen LogP contribution in [0.25, 0.3) is 0 Å². The number of hydrogen-bond acceptors (Lipinski definition) is 2. The van der Waals surface area contributed by atoms with Gasteiger partial charge < -0.3 is 10.4 Å². The van der Waals surface area contributed by atoms with Crippen LogP contribution in [0.1, 0.15) is 25.8 Å². The van der Waals surface area contributed by atoms with Crippen molar-refractivity contribution in [1.82, 2.24) is 5.32 Å². The number of carboxylic acid groups (broad SMARTS) is 1. The third kappa shape index (κ3) is 4.60. The standard InChI is InChI=1S/C14H17F2NO3/c1-8(2)6-11(14(19)20)17-12(18)7-9-4-3-5-10(15)13(9)16/h3-5,8,11H,6-7H2,1-2H3,(H,17,18)(H,19,20)/t11-/m1/s1. The molecule has 0 radical (unpaired) electrons. The molecule has 0 saturated heterocycles. The van der Waals surface area contributed by atoms with E-state index in [-0.39, 0.29) is 17.9 Å². The SMILES string of the molecule is CC(C)C[C@@H](NC(=O)Cc1cccc(F)c1F)C(=O)O. The summed E-state index contributed by atoms with van der Waals surface area (Å²) in [5.41, 5.74) is -0.101. The van der Waals surface area contributed by atoms with Crippen LogP contribution in [0.5, 0.6) is 0 Å². The lowest BCUT2D eigenvalue weighted by atomic mass is 10.0. The minimum absolute atomic E-state index is 0.0855. The van der Waals surface area contributed by atoms with Crippen molar-refractivity contribution in [3.8, 4) is 0 Å². The number of rotatable bonds is 6. The zero-order valence-electron chi connectivity index (χ0n) is 11.3. The largest absolute Gasteiger partial charge is 0.480 e. The zero-order valence-corrected chi connectivity index (χ0v) is 11.3. The van der Waals surface area contributed by atoms with Crippen LogP contribution in [0.3, 0.4) is 0 Å². The highest BCUT2D eigenvalue weighted by molar-refractivity contribution is 5.84. The molecular weight excluding hydrogens is 268 g/mol. The summed E-state index contributed by atoms with van der Waals surface area (Å²) < 4.78 is 26.4. The van der Waals surface area contributed by atoms with E-state index in [4.69, 9.17) is 5.11 Å². The quantitative estimate of drug-likeness (QED) is 0.841. The van der Waals surface area contributed by atoms with Crippen molar-refractivity contribution in [2.75, 3.05) is 0 Å². The highest BCUT2D eigenvalue weighted by Crippen LogP contribution is 2.12. The molecule has 0 fully saturated rings. The fourth-order valence-electron chi connectivity index (χ4n) is 1.80. The summed E-state index contributed by atoms with van der Waals surface area (Å²) in [5, 5.41) is 11.3. The van der Waals surface area contributed by atoms with Crippen LogP contribution in [0, 0.1) is 17.6 Å². The second-order valence-corrected chi connectivity index (χ2v) is 4.98. The summed E-state index contributed by atoms with van der Waals surface area (Å²) >= 11 is 0.